The molecule has 0 amide bonds. The van der Waals surface area contributed by atoms with Crippen molar-refractivity contribution < 1.29 is 9.47 Å². The number of rotatable bonds is 9. The fourth-order valence-corrected chi connectivity index (χ4v) is 4.57. The standard InChI is InChI=1S/C26H31N9O3/c1-16(14-28-7-5-6-27-2)29-24-21(26(36)31-19-15-34(3)33-23(19)24)25-30-18-12-17(35-8-10-38-11-9-35)13-20(37-4)22(18)32-25/h5-7,12-13,15-16,29H,2,8-11,14H2,1,3-4H3,(H,30,32)(H,31,36)/b6-5-,28-7?/t16-/m0/s1. The van der Waals surface area contributed by atoms with Crippen LogP contribution in [-0.2, 0) is 11.8 Å². The molecule has 4 aromatic rings. The van der Waals surface area contributed by atoms with Gasteiger partial charge in [0.1, 0.15) is 28.2 Å². The summed E-state index contributed by atoms with van der Waals surface area (Å²) in [7, 11) is 3.43. The van der Waals surface area contributed by atoms with Crippen molar-refractivity contribution >= 4 is 46.4 Å². The number of benzene rings is 1. The summed E-state index contributed by atoms with van der Waals surface area (Å²) in [4.78, 5) is 34.8. The van der Waals surface area contributed by atoms with Crippen LogP contribution in [0.3, 0.4) is 0 Å². The number of methoxy groups -OCH3 is 1. The lowest BCUT2D eigenvalue weighted by Crippen LogP contribution is -2.36. The van der Waals surface area contributed by atoms with Crippen molar-refractivity contribution in [3.63, 3.8) is 0 Å². The minimum Gasteiger partial charge on any atom is -0.494 e. The zero-order valence-corrected chi connectivity index (χ0v) is 21.7. The number of allylic oxidation sites excluding steroid dienone is 1. The number of aromatic nitrogens is 5. The second-order valence-corrected chi connectivity index (χ2v) is 9.08. The summed E-state index contributed by atoms with van der Waals surface area (Å²) in [6, 6.07) is 3.90. The number of pyridine rings is 1. The second-order valence-electron chi connectivity index (χ2n) is 9.08. The Bertz CT molecular complexity index is 1570. The van der Waals surface area contributed by atoms with Gasteiger partial charge in [-0.15, -0.1) is 0 Å². The molecule has 3 aromatic heterocycles. The van der Waals surface area contributed by atoms with Gasteiger partial charge in [-0.25, -0.2) is 4.98 Å². The largest absolute Gasteiger partial charge is 0.494 e. The number of aliphatic imine (C=N–C) groups is 2. The summed E-state index contributed by atoms with van der Waals surface area (Å²) in [5.41, 5.74) is 4.36. The molecule has 38 heavy (non-hydrogen) atoms. The van der Waals surface area contributed by atoms with E-state index in [1.807, 2.05) is 26.1 Å². The molecule has 5 rings (SSSR count). The maximum absolute atomic E-state index is 13.4. The first-order valence-corrected chi connectivity index (χ1v) is 12.4. The van der Waals surface area contributed by atoms with Gasteiger partial charge < -0.3 is 29.7 Å². The molecule has 0 radical (unpaired) electrons. The quantitative estimate of drug-likeness (QED) is 0.290. The number of ether oxygens (including phenoxy) is 2. The molecule has 0 bridgehead atoms. The molecule has 0 saturated carbocycles. The fourth-order valence-electron chi connectivity index (χ4n) is 4.57. The van der Waals surface area contributed by atoms with Crippen molar-refractivity contribution in [1.82, 2.24) is 24.7 Å². The van der Waals surface area contributed by atoms with Crippen LogP contribution in [0.1, 0.15) is 6.92 Å². The van der Waals surface area contributed by atoms with Gasteiger partial charge in [-0.2, -0.15) is 5.10 Å². The summed E-state index contributed by atoms with van der Waals surface area (Å²) >= 11 is 0. The molecule has 1 aromatic carbocycles. The lowest BCUT2D eigenvalue weighted by atomic mass is 10.1. The van der Waals surface area contributed by atoms with Crippen LogP contribution >= 0.6 is 0 Å². The highest BCUT2D eigenvalue weighted by molar-refractivity contribution is 5.97. The minimum absolute atomic E-state index is 0.103. The van der Waals surface area contributed by atoms with Crippen LogP contribution < -0.4 is 20.5 Å². The van der Waals surface area contributed by atoms with Crippen LogP contribution in [0.5, 0.6) is 5.75 Å². The van der Waals surface area contributed by atoms with E-state index in [9.17, 15) is 4.79 Å². The van der Waals surface area contributed by atoms with Crippen LogP contribution in [0.2, 0.25) is 0 Å². The molecule has 1 atom stereocenters. The molecule has 0 unspecified atom stereocenters. The van der Waals surface area contributed by atoms with Gasteiger partial charge in [0, 0.05) is 56.5 Å². The third kappa shape index (κ3) is 5.02. The van der Waals surface area contributed by atoms with Crippen molar-refractivity contribution in [3.8, 4) is 17.1 Å². The van der Waals surface area contributed by atoms with Crippen molar-refractivity contribution in [1.29, 1.82) is 0 Å². The Labute approximate surface area is 219 Å². The van der Waals surface area contributed by atoms with Gasteiger partial charge in [-0.1, -0.05) is 0 Å². The van der Waals surface area contributed by atoms with E-state index in [1.165, 1.54) is 0 Å². The van der Waals surface area contributed by atoms with E-state index < -0.39 is 0 Å². The Morgan fingerprint density at radius 2 is 2.08 bits per heavy atom. The molecule has 1 saturated heterocycles. The number of aromatic amines is 2. The zero-order chi connectivity index (χ0) is 26.6. The van der Waals surface area contributed by atoms with Gasteiger partial charge in [-0.05, 0) is 25.8 Å². The number of hydrogen-bond acceptors (Lipinski definition) is 9. The van der Waals surface area contributed by atoms with Crippen molar-refractivity contribution in [2.24, 2.45) is 17.0 Å². The lowest BCUT2D eigenvalue weighted by molar-refractivity contribution is 0.122. The normalized spacial score (nSPS) is 15.2. The number of morpholine rings is 1. The van der Waals surface area contributed by atoms with Gasteiger partial charge in [0.15, 0.2) is 0 Å². The lowest BCUT2D eigenvalue weighted by Gasteiger charge is -2.29. The molecule has 0 spiro atoms. The van der Waals surface area contributed by atoms with E-state index in [0.29, 0.717) is 59.1 Å². The monoisotopic (exact) mass is 517 g/mol. The Balaban J connectivity index is 1.59. The fraction of sp³-hybridized carbons (Fsp3) is 0.346. The Morgan fingerprint density at radius 1 is 1.26 bits per heavy atom. The van der Waals surface area contributed by atoms with Crippen molar-refractivity contribution in [2.45, 2.75) is 13.0 Å². The topological polar surface area (TPSA) is 138 Å². The summed E-state index contributed by atoms with van der Waals surface area (Å²) in [6.45, 7) is 8.80. The van der Waals surface area contributed by atoms with Gasteiger partial charge in [0.05, 0.1) is 43.6 Å². The second kappa shape index (κ2) is 10.9. The molecule has 12 heteroatoms. The molecule has 1 fully saturated rings. The Kier molecular flexibility index (Phi) is 7.22. The summed E-state index contributed by atoms with van der Waals surface area (Å²) in [5, 5.41) is 8.06. The van der Waals surface area contributed by atoms with E-state index in [2.05, 4.69) is 42.0 Å². The third-order valence-corrected chi connectivity index (χ3v) is 6.31. The molecule has 1 aliphatic heterocycles. The summed E-state index contributed by atoms with van der Waals surface area (Å²) < 4.78 is 12.9. The molecule has 4 heterocycles. The molecule has 0 aliphatic carbocycles. The summed E-state index contributed by atoms with van der Waals surface area (Å²) in [5.74, 6) is 1.05. The molecule has 3 N–H and O–H groups in total. The highest BCUT2D eigenvalue weighted by atomic mass is 16.5. The number of hydrogen-bond donors (Lipinski definition) is 3. The highest BCUT2D eigenvalue weighted by Crippen LogP contribution is 2.35. The first-order chi connectivity index (χ1) is 18.5. The van der Waals surface area contributed by atoms with Crippen molar-refractivity contribution in [2.75, 3.05) is 50.2 Å². The molecule has 1 aliphatic rings. The smallest absolute Gasteiger partial charge is 0.261 e. The SMILES string of the molecule is C=N/C=C\C=NC[C@H](C)Nc1c(-c2nc3c(OC)cc(N4CCOCC4)cc3[nH]2)c(=O)[nH]c2cn(C)nc12. The highest BCUT2D eigenvalue weighted by Gasteiger charge is 2.23. The predicted octanol–water partition coefficient (Wildman–Crippen LogP) is 2.74. The Morgan fingerprint density at radius 3 is 2.84 bits per heavy atom. The first kappa shape index (κ1) is 25.2. The maximum Gasteiger partial charge on any atom is 0.261 e. The van der Waals surface area contributed by atoms with Crippen molar-refractivity contribution in [3.05, 3.63) is 41.0 Å². The molecular formula is C26H31N9O3. The number of aryl methyl sites for hydroxylation is 1. The van der Waals surface area contributed by atoms with Gasteiger partial charge in [-0.3, -0.25) is 19.5 Å². The molecule has 12 nitrogen and oxygen atoms in total. The van der Waals surface area contributed by atoms with Crippen LogP contribution in [0.25, 0.3) is 33.5 Å². The number of fused-ring (bicyclic) bond motifs is 2. The number of nitrogens with zero attached hydrogens (tertiary/aromatic N) is 6. The van der Waals surface area contributed by atoms with E-state index in [0.717, 1.165) is 24.3 Å². The summed E-state index contributed by atoms with van der Waals surface area (Å²) in [6.07, 6.45) is 6.72. The third-order valence-electron chi connectivity index (χ3n) is 6.31. The van der Waals surface area contributed by atoms with E-state index in [1.54, 1.807) is 36.5 Å². The average Bonchev–Trinajstić information content (AvgIpc) is 3.51. The number of nitrogens with one attached hydrogen (secondary N) is 3. The maximum atomic E-state index is 13.4. The van der Waals surface area contributed by atoms with E-state index >= 15 is 0 Å². The zero-order valence-electron chi connectivity index (χ0n) is 21.7. The van der Waals surface area contributed by atoms with Crippen LogP contribution in [0.15, 0.2) is 45.4 Å². The predicted molar refractivity (Wildman–Crippen MR) is 151 cm³/mol. The molecule has 198 valence electrons. The number of anilines is 2. The minimum atomic E-state index is -0.282. The Hall–Kier alpha value is -4.45. The van der Waals surface area contributed by atoms with E-state index in [-0.39, 0.29) is 11.6 Å². The number of H-pyrrole nitrogens is 2. The first-order valence-electron chi connectivity index (χ1n) is 12.4. The van der Waals surface area contributed by atoms with Gasteiger partial charge in [0.25, 0.3) is 5.56 Å². The van der Waals surface area contributed by atoms with Gasteiger partial charge in [0.2, 0.25) is 0 Å². The van der Waals surface area contributed by atoms with Gasteiger partial charge >= 0.3 is 0 Å². The van der Waals surface area contributed by atoms with Crippen LogP contribution in [-0.4, -0.2) is 83.7 Å². The number of imidazole rings is 1. The van der Waals surface area contributed by atoms with Crippen LogP contribution in [0.4, 0.5) is 11.4 Å². The molecular weight excluding hydrogens is 486 g/mol. The average molecular weight is 518 g/mol. The van der Waals surface area contributed by atoms with E-state index in [4.69, 9.17) is 14.5 Å². The van der Waals surface area contributed by atoms with Crippen LogP contribution in [0, 0.1) is 0 Å².